The Morgan fingerprint density at radius 2 is 1.41 bits per heavy atom. The molecule has 3 heteroatoms. The van der Waals surface area contributed by atoms with Gasteiger partial charge >= 0.3 is 37.9 Å². The van der Waals surface area contributed by atoms with Crippen LogP contribution in [0.5, 0.6) is 0 Å². The van der Waals surface area contributed by atoms with Crippen molar-refractivity contribution in [3.8, 4) is 11.1 Å². The van der Waals surface area contributed by atoms with Crippen LogP contribution in [0.4, 0.5) is 0 Å². The SMILES string of the molecule is CC1=Cc2c(cccc2-c2cc3ccccc3c3ccccc23)C1.[Cl][Zr][Cl]. The maximum absolute atomic E-state index is 4.93. The third-order valence-corrected chi connectivity index (χ3v) is 5.11. The Morgan fingerprint density at radius 3 is 2.19 bits per heavy atom. The summed E-state index contributed by atoms with van der Waals surface area (Å²) in [4.78, 5) is 0. The molecule has 4 aromatic rings. The number of benzene rings is 4. The molecule has 0 aliphatic heterocycles. The van der Waals surface area contributed by atoms with Crippen molar-refractivity contribution >= 4 is 44.6 Å². The van der Waals surface area contributed by atoms with Gasteiger partial charge in [0.15, 0.2) is 0 Å². The van der Waals surface area contributed by atoms with Gasteiger partial charge in [0.05, 0.1) is 0 Å². The van der Waals surface area contributed by atoms with Crippen LogP contribution in [-0.2, 0) is 27.3 Å². The Morgan fingerprint density at radius 1 is 0.741 bits per heavy atom. The number of allylic oxidation sites excluding steroid dienone is 1. The van der Waals surface area contributed by atoms with Crippen LogP contribution in [0.3, 0.4) is 0 Å². The monoisotopic (exact) mass is 466 g/mol. The predicted octanol–water partition coefficient (Wildman–Crippen LogP) is 8.00. The van der Waals surface area contributed by atoms with Crippen LogP contribution in [0.25, 0.3) is 38.7 Å². The number of rotatable bonds is 1. The molecule has 0 aromatic heterocycles. The van der Waals surface area contributed by atoms with Crippen LogP contribution in [-0.4, -0.2) is 0 Å². The van der Waals surface area contributed by atoms with E-state index in [-0.39, 0.29) is 0 Å². The molecule has 0 unspecified atom stereocenters. The fourth-order valence-corrected chi connectivity index (χ4v) is 4.05. The fraction of sp³-hybridized carbons (Fsp3) is 0.0833. The van der Waals surface area contributed by atoms with Gasteiger partial charge in [-0.3, -0.25) is 0 Å². The minimum absolute atomic E-state index is 0.826. The molecule has 0 bridgehead atoms. The van der Waals surface area contributed by atoms with Gasteiger partial charge in [-0.25, -0.2) is 0 Å². The van der Waals surface area contributed by atoms with E-state index in [9.17, 15) is 0 Å². The summed E-state index contributed by atoms with van der Waals surface area (Å²) in [6.45, 7) is 2.22. The first-order chi connectivity index (χ1) is 13.2. The van der Waals surface area contributed by atoms with Gasteiger partial charge in [0.2, 0.25) is 0 Å². The molecule has 0 amide bonds. The summed E-state index contributed by atoms with van der Waals surface area (Å²) in [7, 11) is 9.87. The summed E-state index contributed by atoms with van der Waals surface area (Å²) in [5.74, 6) is 0. The van der Waals surface area contributed by atoms with Crippen molar-refractivity contribution in [1.82, 2.24) is 0 Å². The quantitative estimate of drug-likeness (QED) is 0.248. The first-order valence-electron chi connectivity index (χ1n) is 8.89. The first-order valence-corrected chi connectivity index (χ1v) is 15.2. The van der Waals surface area contributed by atoms with Gasteiger partial charge in [-0.1, -0.05) is 78.4 Å². The summed E-state index contributed by atoms with van der Waals surface area (Å²) < 4.78 is 0. The average molecular weight is 469 g/mol. The van der Waals surface area contributed by atoms with Crippen LogP contribution >= 0.6 is 17.0 Å². The van der Waals surface area contributed by atoms with E-state index in [0.717, 1.165) is 6.42 Å². The predicted molar refractivity (Wildman–Crippen MR) is 116 cm³/mol. The molecule has 1 aliphatic rings. The Balaban J connectivity index is 0.000000565. The van der Waals surface area contributed by atoms with E-state index in [1.54, 1.807) is 0 Å². The number of fused-ring (bicyclic) bond motifs is 4. The molecular formula is C24H18Cl2Zr. The zero-order valence-corrected chi connectivity index (χ0v) is 18.9. The average Bonchev–Trinajstić information content (AvgIpc) is 3.08. The Bertz CT molecular complexity index is 1160. The number of hydrogen-bond acceptors (Lipinski definition) is 0. The minimum atomic E-state index is -0.826. The standard InChI is InChI=1S/C24H18.2ClH.Zr/c1-16-13-17-8-6-12-22(23(17)14-16)24-15-18-7-2-3-9-19(18)20-10-4-5-11-21(20)24;;;/h2-12,14-15H,13H2,1H3;2*1H;/q;;;+2/p-2. The number of halogens is 2. The molecule has 5 rings (SSSR count). The zero-order chi connectivity index (χ0) is 18.8. The van der Waals surface area contributed by atoms with Crippen molar-refractivity contribution in [3.63, 3.8) is 0 Å². The van der Waals surface area contributed by atoms with E-state index in [2.05, 4.69) is 85.8 Å². The van der Waals surface area contributed by atoms with Gasteiger partial charge in [-0.05, 0) is 63.2 Å². The van der Waals surface area contributed by atoms with Crippen molar-refractivity contribution < 1.29 is 20.8 Å². The van der Waals surface area contributed by atoms with E-state index in [0.29, 0.717) is 0 Å². The topological polar surface area (TPSA) is 0 Å². The van der Waals surface area contributed by atoms with Crippen LogP contribution < -0.4 is 0 Å². The maximum atomic E-state index is 4.93. The van der Waals surface area contributed by atoms with Gasteiger partial charge in [-0.2, -0.15) is 0 Å². The molecule has 4 aromatic carbocycles. The molecule has 0 saturated heterocycles. The summed E-state index contributed by atoms with van der Waals surface area (Å²) >= 11 is -0.826. The molecule has 0 heterocycles. The normalized spacial score (nSPS) is 12.3. The molecule has 1 aliphatic carbocycles. The molecular weight excluding hydrogens is 450 g/mol. The van der Waals surface area contributed by atoms with Crippen molar-refractivity contribution in [1.29, 1.82) is 0 Å². The fourth-order valence-electron chi connectivity index (χ4n) is 4.05. The molecule has 27 heavy (non-hydrogen) atoms. The van der Waals surface area contributed by atoms with Crippen LogP contribution in [0.15, 0.2) is 78.4 Å². The molecule has 0 nitrogen and oxygen atoms in total. The second-order valence-electron chi connectivity index (χ2n) is 6.81. The zero-order valence-electron chi connectivity index (χ0n) is 15.0. The van der Waals surface area contributed by atoms with Gasteiger partial charge in [0, 0.05) is 0 Å². The number of hydrogen-bond donors (Lipinski definition) is 0. The first kappa shape index (κ1) is 18.9. The van der Waals surface area contributed by atoms with Crippen molar-refractivity contribution in [2.24, 2.45) is 0 Å². The van der Waals surface area contributed by atoms with Gasteiger partial charge < -0.3 is 0 Å². The molecule has 132 valence electrons. The van der Waals surface area contributed by atoms with E-state index in [4.69, 9.17) is 17.0 Å². The molecule has 0 N–H and O–H groups in total. The summed E-state index contributed by atoms with van der Waals surface area (Å²) in [6.07, 6.45) is 3.43. The van der Waals surface area contributed by atoms with E-state index < -0.39 is 20.8 Å². The molecule has 0 fully saturated rings. The van der Waals surface area contributed by atoms with E-state index >= 15 is 0 Å². The molecule has 0 spiro atoms. The third-order valence-electron chi connectivity index (χ3n) is 5.11. The Hall–Kier alpha value is -1.40. The third kappa shape index (κ3) is 3.66. The molecule has 0 radical (unpaired) electrons. The van der Waals surface area contributed by atoms with Crippen molar-refractivity contribution in [2.45, 2.75) is 13.3 Å². The Kier molecular flexibility index (Phi) is 5.83. The van der Waals surface area contributed by atoms with Crippen LogP contribution in [0, 0.1) is 0 Å². The van der Waals surface area contributed by atoms with Gasteiger partial charge in [0.1, 0.15) is 0 Å². The van der Waals surface area contributed by atoms with E-state index in [1.165, 1.54) is 49.4 Å². The Labute approximate surface area is 178 Å². The van der Waals surface area contributed by atoms with E-state index in [1.807, 2.05) is 0 Å². The summed E-state index contributed by atoms with van der Waals surface area (Å²) in [6, 6.07) is 26.5. The van der Waals surface area contributed by atoms with Gasteiger partial charge in [-0.15, -0.1) is 0 Å². The molecule has 0 saturated carbocycles. The van der Waals surface area contributed by atoms with Crippen LogP contribution in [0.2, 0.25) is 0 Å². The van der Waals surface area contributed by atoms with Crippen molar-refractivity contribution in [2.75, 3.05) is 0 Å². The van der Waals surface area contributed by atoms with Crippen LogP contribution in [0.1, 0.15) is 18.1 Å². The van der Waals surface area contributed by atoms with Crippen molar-refractivity contribution in [3.05, 3.63) is 89.5 Å². The summed E-state index contributed by atoms with van der Waals surface area (Å²) in [5, 5.41) is 5.31. The summed E-state index contributed by atoms with van der Waals surface area (Å²) in [5.41, 5.74) is 6.98. The molecule has 0 atom stereocenters. The second kappa shape index (κ2) is 8.31. The second-order valence-corrected chi connectivity index (χ2v) is 10.5. The van der Waals surface area contributed by atoms with Gasteiger partial charge in [0.25, 0.3) is 0 Å².